The van der Waals surface area contributed by atoms with E-state index in [9.17, 15) is 18.7 Å². The summed E-state index contributed by atoms with van der Waals surface area (Å²) >= 11 is 0. The second-order valence-electron chi connectivity index (χ2n) is 8.86. The van der Waals surface area contributed by atoms with Crippen LogP contribution in [0.4, 0.5) is 8.78 Å². The van der Waals surface area contributed by atoms with Gasteiger partial charge in [-0.05, 0) is 62.6 Å². The molecule has 2 aromatic heterocycles. The molecule has 3 aromatic rings. The van der Waals surface area contributed by atoms with Crippen LogP contribution in [0.15, 0.2) is 34.9 Å². The quantitative estimate of drug-likeness (QED) is 0.572. The second-order valence-corrected chi connectivity index (χ2v) is 8.86. The van der Waals surface area contributed by atoms with Crippen molar-refractivity contribution in [3.8, 4) is 11.6 Å². The van der Waals surface area contributed by atoms with E-state index in [-0.39, 0.29) is 28.7 Å². The van der Waals surface area contributed by atoms with Crippen molar-refractivity contribution in [2.45, 2.75) is 63.3 Å². The Morgan fingerprint density at radius 2 is 1.94 bits per heavy atom. The van der Waals surface area contributed by atoms with Crippen molar-refractivity contribution in [1.29, 1.82) is 0 Å². The van der Waals surface area contributed by atoms with E-state index in [1.807, 2.05) is 25.1 Å². The summed E-state index contributed by atoms with van der Waals surface area (Å²) in [6, 6.07) is 9.12. The first-order chi connectivity index (χ1) is 15.4. The molecule has 1 aromatic carbocycles. The van der Waals surface area contributed by atoms with Gasteiger partial charge < -0.3 is 9.63 Å². The highest BCUT2D eigenvalue weighted by Gasteiger charge is 2.50. The number of carboxylic acids is 1. The third-order valence-corrected chi connectivity index (χ3v) is 6.86. The van der Waals surface area contributed by atoms with E-state index in [1.165, 1.54) is 10.7 Å². The van der Waals surface area contributed by atoms with Crippen molar-refractivity contribution in [2.24, 2.45) is 5.92 Å². The van der Waals surface area contributed by atoms with Crippen LogP contribution in [0, 0.1) is 12.8 Å². The Bertz CT molecular complexity index is 1140. The van der Waals surface area contributed by atoms with Gasteiger partial charge in [-0.15, -0.1) is 0 Å². The van der Waals surface area contributed by atoms with Gasteiger partial charge in [-0.3, -0.25) is 9.48 Å². The van der Waals surface area contributed by atoms with Crippen molar-refractivity contribution in [3.63, 3.8) is 0 Å². The van der Waals surface area contributed by atoms with E-state index < -0.39 is 18.3 Å². The summed E-state index contributed by atoms with van der Waals surface area (Å²) in [4.78, 5) is 15.8. The normalized spacial score (nSPS) is 22.2. The van der Waals surface area contributed by atoms with Crippen LogP contribution >= 0.6 is 0 Å². The van der Waals surface area contributed by atoms with Crippen molar-refractivity contribution in [1.82, 2.24) is 19.9 Å². The molecule has 0 aliphatic heterocycles. The Morgan fingerprint density at radius 1 is 1.22 bits per heavy atom. The van der Waals surface area contributed by atoms with Gasteiger partial charge in [-0.25, -0.2) is 8.78 Å². The molecule has 0 spiro atoms. The first-order valence-corrected chi connectivity index (χ1v) is 10.9. The highest BCUT2D eigenvalue weighted by atomic mass is 19.3. The Morgan fingerprint density at radius 3 is 2.56 bits per heavy atom. The Balaban J connectivity index is 1.43. The number of halogens is 2. The van der Waals surface area contributed by atoms with E-state index in [2.05, 4.69) is 21.3 Å². The zero-order valence-electron chi connectivity index (χ0n) is 17.7. The fraction of sp³-hybridized carbons (Fsp3) is 0.478. The predicted molar refractivity (Wildman–Crippen MR) is 110 cm³/mol. The SMILES string of the molecule is Cc1ccccc1C1(c2noc(-c3cc(C(F)F)n(C4CCC(C(=O)O)CC4)n3)n2)CC1. The number of carboxylic acid groups (broad SMARTS) is 1. The summed E-state index contributed by atoms with van der Waals surface area (Å²) in [5, 5.41) is 17.8. The van der Waals surface area contributed by atoms with E-state index in [0.29, 0.717) is 31.5 Å². The fourth-order valence-corrected chi connectivity index (χ4v) is 4.91. The van der Waals surface area contributed by atoms with Crippen LogP contribution in [-0.2, 0) is 10.2 Å². The minimum absolute atomic E-state index is 0.125. The van der Waals surface area contributed by atoms with Crippen LogP contribution < -0.4 is 0 Å². The van der Waals surface area contributed by atoms with E-state index in [1.54, 1.807) is 0 Å². The number of aromatic nitrogens is 4. The maximum Gasteiger partial charge on any atom is 0.306 e. The number of aryl methyl sites for hydroxylation is 1. The zero-order valence-corrected chi connectivity index (χ0v) is 17.7. The third-order valence-electron chi connectivity index (χ3n) is 6.86. The summed E-state index contributed by atoms with van der Waals surface area (Å²) in [6.07, 6.45) is 0.966. The van der Waals surface area contributed by atoms with Gasteiger partial charge in [0.15, 0.2) is 11.5 Å². The Hall–Kier alpha value is -3.10. The first kappa shape index (κ1) is 20.8. The van der Waals surface area contributed by atoms with E-state index in [4.69, 9.17) is 4.52 Å². The van der Waals surface area contributed by atoms with Gasteiger partial charge >= 0.3 is 5.97 Å². The predicted octanol–water partition coefficient (Wildman–Crippen LogP) is 5.07. The average Bonchev–Trinajstić information content (AvgIpc) is 3.22. The first-order valence-electron chi connectivity index (χ1n) is 10.9. The van der Waals surface area contributed by atoms with Crippen LogP contribution in [0.2, 0.25) is 0 Å². The van der Waals surface area contributed by atoms with Gasteiger partial charge in [0, 0.05) is 0 Å². The van der Waals surface area contributed by atoms with Crippen molar-refractivity contribution in [3.05, 3.63) is 53.0 Å². The maximum atomic E-state index is 13.8. The fourth-order valence-electron chi connectivity index (χ4n) is 4.91. The number of hydrogen-bond donors (Lipinski definition) is 1. The lowest BCUT2D eigenvalue weighted by atomic mass is 9.86. The molecule has 1 N–H and O–H groups in total. The lowest BCUT2D eigenvalue weighted by Crippen LogP contribution is -2.24. The molecule has 0 saturated heterocycles. The van der Waals surface area contributed by atoms with Gasteiger partial charge in [0.2, 0.25) is 0 Å². The van der Waals surface area contributed by atoms with Crippen LogP contribution in [0.3, 0.4) is 0 Å². The molecule has 168 valence electrons. The molecule has 2 heterocycles. The molecule has 2 aliphatic rings. The van der Waals surface area contributed by atoms with Crippen molar-refractivity contribution < 1.29 is 23.2 Å². The summed E-state index contributed by atoms with van der Waals surface area (Å²) in [5.74, 6) is -0.581. The second kappa shape index (κ2) is 7.79. The van der Waals surface area contributed by atoms with Crippen LogP contribution in [0.1, 0.15) is 73.6 Å². The largest absolute Gasteiger partial charge is 0.481 e. The number of alkyl halides is 2. The summed E-state index contributed by atoms with van der Waals surface area (Å²) in [5.41, 5.74) is 2.02. The minimum atomic E-state index is -2.71. The molecule has 0 unspecified atom stereocenters. The number of aliphatic carboxylic acids is 1. The number of hydrogen-bond acceptors (Lipinski definition) is 5. The van der Waals surface area contributed by atoms with Gasteiger partial charge in [-0.1, -0.05) is 29.4 Å². The maximum absolute atomic E-state index is 13.8. The molecule has 2 fully saturated rings. The molecule has 2 saturated carbocycles. The van der Waals surface area contributed by atoms with E-state index in [0.717, 1.165) is 24.0 Å². The minimum Gasteiger partial charge on any atom is -0.481 e. The molecule has 32 heavy (non-hydrogen) atoms. The summed E-state index contributed by atoms with van der Waals surface area (Å²) in [6.45, 7) is 2.05. The monoisotopic (exact) mass is 442 g/mol. The van der Waals surface area contributed by atoms with Gasteiger partial charge in [0.05, 0.1) is 17.4 Å². The molecular weight excluding hydrogens is 418 g/mol. The summed E-state index contributed by atoms with van der Waals surface area (Å²) in [7, 11) is 0. The number of benzene rings is 1. The van der Waals surface area contributed by atoms with Gasteiger partial charge in [0.1, 0.15) is 5.69 Å². The summed E-state index contributed by atoms with van der Waals surface area (Å²) < 4.78 is 34.3. The lowest BCUT2D eigenvalue weighted by molar-refractivity contribution is -0.143. The molecule has 9 heteroatoms. The molecule has 2 aliphatic carbocycles. The lowest BCUT2D eigenvalue weighted by Gasteiger charge is -2.27. The Kier molecular flexibility index (Phi) is 5.06. The molecule has 7 nitrogen and oxygen atoms in total. The molecule has 0 amide bonds. The standard InChI is InChI=1S/C23H24F2N4O3/c1-13-4-2-3-5-16(13)23(10-11-23)22-26-20(32-28-22)17-12-18(19(24)25)29(27-17)15-8-6-14(7-9-15)21(30)31/h2-5,12,14-15,19H,6-11H2,1H3,(H,30,31). The molecule has 0 atom stereocenters. The molecule has 0 radical (unpaired) electrons. The molecular formula is C23H24F2N4O3. The number of rotatable bonds is 6. The van der Waals surface area contributed by atoms with Crippen molar-refractivity contribution in [2.75, 3.05) is 0 Å². The topological polar surface area (TPSA) is 94.0 Å². The van der Waals surface area contributed by atoms with Crippen molar-refractivity contribution >= 4 is 5.97 Å². The zero-order chi connectivity index (χ0) is 22.5. The third kappa shape index (κ3) is 3.49. The van der Waals surface area contributed by atoms with Crippen LogP contribution in [-0.4, -0.2) is 31.0 Å². The van der Waals surface area contributed by atoms with Crippen LogP contribution in [0.5, 0.6) is 0 Å². The molecule has 5 rings (SSSR count). The highest BCUT2D eigenvalue weighted by Crippen LogP contribution is 2.53. The highest BCUT2D eigenvalue weighted by molar-refractivity contribution is 5.70. The Labute approximate surface area is 183 Å². The number of carbonyl (C=O) groups is 1. The average molecular weight is 442 g/mol. The van der Waals surface area contributed by atoms with E-state index >= 15 is 0 Å². The van der Waals surface area contributed by atoms with Gasteiger partial charge in [0.25, 0.3) is 12.3 Å². The van der Waals surface area contributed by atoms with Crippen LogP contribution in [0.25, 0.3) is 11.6 Å². The van der Waals surface area contributed by atoms with Gasteiger partial charge in [-0.2, -0.15) is 10.1 Å². The number of nitrogens with zero attached hydrogens (tertiary/aromatic N) is 4. The smallest absolute Gasteiger partial charge is 0.306 e. The molecule has 0 bridgehead atoms.